The molecule has 0 fully saturated rings. The number of halogens is 1. The molecule has 11 heteroatoms. The Bertz CT molecular complexity index is 1830. The van der Waals surface area contributed by atoms with Gasteiger partial charge in [0.15, 0.2) is 11.5 Å². The molecule has 0 bridgehead atoms. The number of thiazole rings is 1. The fourth-order valence-corrected chi connectivity index (χ4v) is 5.92. The summed E-state index contributed by atoms with van der Waals surface area (Å²) in [6.07, 6.45) is 1.67. The maximum atomic E-state index is 12.8. The van der Waals surface area contributed by atoms with E-state index in [9.17, 15) is 4.79 Å². The largest absolute Gasteiger partial charge is 0.493 e. The number of hydrogen-bond acceptors (Lipinski definition) is 9. The summed E-state index contributed by atoms with van der Waals surface area (Å²) in [6, 6.07) is 27.4. The minimum Gasteiger partial charge on any atom is -0.493 e. The molecular weight excluding hydrogens is 610 g/mol. The predicted molar refractivity (Wildman–Crippen MR) is 179 cm³/mol. The number of anilines is 2. The molecule has 0 spiro atoms. The number of carbonyl (C=O) groups excluding carboxylic acids is 1. The van der Waals surface area contributed by atoms with Gasteiger partial charge >= 0.3 is 0 Å². The van der Waals surface area contributed by atoms with E-state index >= 15 is 0 Å². The Hall–Kier alpha value is -4.67. The molecule has 0 unspecified atom stereocenters. The average Bonchev–Trinajstić information content (AvgIpc) is 3.71. The summed E-state index contributed by atoms with van der Waals surface area (Å²) in [5.74, 6) is 1.63. The van der Waals surface area contributed by atoms with E-state index < -0.39 is 0 Å². The average molecular weight is 642 g/mol. The first-order valence-electron chi connectivity index (χ1n) is 14.5. The number of aromatic nitrogens is 1. The molecule has 0 aliphatic carbocycles. The lowest BCUT2D eigenvalue weighted by atomic mass is 10.1. The van der Waals surface area contributed by atoms with Crippen molar-refractivity contribution in [2.45, 2.75) is 19.4 Å². The molecule has 1 aliphatic heterocycles. The van der Waals surface area contributed by atoms with E-state index in [2.05, 4.69) is 27.3 Å². The minimum atomic E-state index is -0.216. The number of para-hydroxylation sites is 1. The SMILES string of the molecule is CN(C)c1ccc(N=Nc2nc3ccc(CCCOc4ccccc4CN(C(=O)CCl)c4ccc5c(c4)OCO5)cc3s2)cc1. The summed E-state index contributed by atoms with van der Waals surface area (Å²) < 4.78 is 18.2. The number of benzene rings is 4. The van der Waals surface area contributed by atoms with Crippen LogP contribution in [0.2, 0.25) is 0 Å². The van der Waals surface area contributed by atoms with Crippen LogP contribution in [0.1, 0.15) is 17.5 Å². The van der Waals surface area contributed by atoms with E-state index in [1.165, 1.54) is 16.9 Å². The fourth-order valence-electron chi connectivity index (χ4n) is 4.93. The van der Waals surface area contributed by atoms with E-state index in [1.54, 1.807) is 17.0 Å². The Morgan fingerprint density at radius 1 is 0.956 bits per heavy atom. The predicted octanol–water partition coefficient (Wildman–Crippen LogP) is 8.29. The molecular formula is C34H32ClN5O4S. The van der Waals surface area contributed by atoms with Crippen molar-refractivity contribution in [3.05, 3.63) is 96.1 Å². The fraction of sp³-hybridized carbons (Fsp3) is 0.235. The highest BCUT2D eigenvalue weighted by molar-refractivity contribution is 7.21. The number of amides is 1. The molecule has 2 heterocycles. The third kappa shape index (κ3) is 7.35. The topological polar surface area (TPSA) is 88.9 Å². The number of carbonyl (C=O) groups is 1. The van der Waals surface area contributed by atoms with Crippen LogP contribution in [0.25, 0.3) is 10.2 Å². The van der Waals surface area contributed by atoms with Gasteiger partial charge in [-0.15, -0.1) is 21.8 Å². The van der Waals surface area contributed by atoms with E-state index in [-0.39, 0.29) is 18.6 Å². The van der Waals surface area contributed by atoms with Crippen molar-refractivity contribution in [3.8, 4) is 17.2 Å². The van der Waals surface area contributed by atoms with Gasteiger partial charge in [-0.2, -0.15) is 0 Å². The van der Waals surface area contributed by atoms with Crippen LogP contribution in [0.15, 0.2) is 95.2 Å². The highest BCUT2D eigenvalue weighted by Crippen LogP contribution is 2.36. The van der Waals surface area contributed by atoms with E-state index in [0.717, 1.165) is 45.7 Å². The minimum absolute atomic E-state index is 0.142. The summed E-state index contributed by atoms with van der Waals surface area (Å²) in [7, 11) is 4.01. The molecule has 9 nitrogen and oxygen atoms in total. The van der Waals surface area contributed by atoms with Gasteiger partial charge in [-0.3, -0.25) is 4.79 Å². The van der Waals surface area contributed by atoms with Gasteiger partial charge in [0.05, 0.1) is 29.1 Å². The number of fused-ring (bicyclic) bond motifs is 2. The van der Waals surface area contributed by atoms with Crippen molar-refractivity contribution >= 4 is 61.3 Å². The highest BCUT2D eigenvalue weighted by atomic mass is 35.5. The van der Waals surface area contributed by atoms with Crippen LogP contribution in [0, 0.1) is 0 Å². The van der Waals surface area contributed by atoms with Crippen molar-refractivity contribution in [2.24, 2.45) is 10.2 Å². The van der Waals surface area contributed by atoms with Crippen molar-refractivity contribution in [2.75, 3.05) is 43.2 Å². The standard InChI is InChI=1S/C34H32ClN5O4S/c1-39(2)26-12-10-25(11-13-26)37-38-34-36-28-15-9-23(18-32(28)45-34)6-5-17-42-29-8-4-3-7-24(29)21-40(33(41)20-35)27-14-16-30-31(19-27)44-22-43-30/h3-4,7-16,18-19H,5-6,17,20-22H2,1-2H3. The van der Waals surface area contributed by atoms with Gasteiger partial charge in [-0.25, -0.2) is 4.98 Å². The maximum Gasteiger partial charge on any atom is 0.242 e. The zero-order valence-electron chi connectivity index (χ0n) is 25.0. The summed E-state index contributed by atoms with van der Waals surface area (Å²) in [6.45, 7) is 0.999. The van der Waals surface area contributed by atoms with Crippen molar-refractivity contribution in [1.29, 1.82) is 0 Å². The molecule has 0 radical (unpaired) electrons. The molecule has 1 aromatic heterocycles. The van der Waals surface area contributed by atoms with Crippen LogP contribution in [0.4, 0.5) is 22.2 Å². The maximum absolute atomic E-state index is 12.8. The molecule has 45 heavy (non-hydrogen) atoms. The Labute approximate surface area is 270 Å². The van der Waals surface area contributed by atoms with Crippen LogP contribution < -0.4 is 24.0 Å². The molecule has 230 valence electrons. The lowest BCUT2D eigenvalue weighted by molar-refractivity contribution is -0.116. The van der Waals surface area contributed by atoms with E-state index in [0.29, 0.717) is 35.5 Å². The second kappa shape index (κ2) is 14.0. The number of ether oxygens (including phenoxy) is 3. The lowest BCUT2D eigenvalue weighted by Gasteiger charge is -2.23. The number of azo groups is 1. The number of hydrogen-bond donors (Lipinski definition) is 0. The molecule has 0 N–H and O–H groups in total. The monoisotopic (exact) mass is 641 g/mol. The van der Waals surface area contributed by atoms with Gasteiger partial charge in [0.25, 0.3) is 0 Å². The Morgan fingerprint density at radius 2 is 1.76 bits per heavy atom. The molecule has 4 aromatic carbocycles. The first kappa shape index (κ1) is 30.4. The summed E-state index contributed by atoms with van der Waals surface area (Å²) in [5, 5.41) is 9.34. The molecule has 5 aromatic rings. The zero-order valence-corrected chi connectivity index (χ0v) is 26.6. The zero-order chi connectivity index (χ0) is 31.2. The first-order valence-corrected chi connectivity index (χ1v) is 15.9. The van der Waals surface area contributed by atoms with E-state index in [4.69, 9.17) is 25.8 Å². The Kier molecular flexibility index (Phi) is 9.42. The number of rotatable bonds is 12. The van der Waals surface area contributed by atoms with Gasteiger partial charge in [0.1, 0.15) is 11.6 Å². The summed E-state index contributed by atoms with van der Waals surface area (Å²) in [4.78, 5) is 21.1. The Balaban J connectivity index is 1.06. The third-order valence-electron chi connectivity index (χ3n) is 7.31. The third-order valence-corrected chi connectivity index (χ3v) is 8.44. The van der Waals surface area contributed by atoms with Crippen molar-refractivity contribution in [1.82, 2.24) is 4.98 Å². The van der Waals surface area contributed by atoms with Crippen LogP contribution >= 0.6 is 22.9 Å². The summed E-state index contributed by atoms with van der Waals surface area (Å²) >= 11 is 7.50. The van der Waals surface area contributed by atoms with Gasteiger partial charge < -0.3 is 24.0 Å². The number of nitrogens with zero attached hydrogens (tertiary/aromatic N) is 5. The molecule has 1 amide bonds. The highest BCUT2D eigenvalue weighted by Gasteiger charge is 2.21. The van der Waals surface area contributed by atoms with Gasteiger partial charge in [0, 0.05) is 37.1 Å². The van der Waals surface area contributed by atoms with Crippen molar-refractivity contribution < 1.29 is 19.0 Å². The van der Waals surface area contributed by atoms with Gasteiger partial charge in [-0.1, -0.05) is 35.6 Å². The van der Waals surface area contributed by atoms with Gasteiger partial charge in [-0.05, 0) is 73.0 Å². The van der Waals surface area contributed by atoms with Crippen LogP contribution in [0.3, 0.4) is 0 Å². The van der Waals surface area contributed by atoms with Gasteiger partial charge in [0.2, 0.25) is 17.8 Å². The normalized spacial score (nSPS) is 12.2. The van der Waals surface area contributed by atoms with Crippen LogP contribution in [-0.4, -0.2) is 44.3 Å². The number of aryl methyl sites for hydroxylation is 1. The quantitative estimate of drug-likeness (QED) is 0.0774. The first-order chi connectivity index (χ1) is 22.0. The molecule has 0 saturated heterocycles. The van der Waals surface area contributed by atoms with Crippen LogP contribution in [-0.2, 0) is 17.8 Å². The Morgan fingerprint density at radius 3 is 2.58 bits per heavy atom. The van der Waals surface area contributed by atoms with Crippen molar-refractivity contribution in [3.63, 3.8) is 0 Å². The molecule has 0 saturated carbocycles. The summed E-state index contributed by atoms with van der Waals surface area (Å²) in [5.41, 5.74) is 5.57. The second-order valence-electron chi connectivity index (χ2n) is 10.6. The van der Waals surface area contributed by atoms with Crippen LogP contribution in [0.5, 0.6) is 17.2 Å². The second-order valence-corrected chi connectivity index (χ2v) is 11.9. The lowest BCUT2D eigenvalue weighted by Crippen LogP contribution is -2.31. The molecule has 6 rings (SSSR count). The molecule has 1 aliphatic rings. The smallest absolute Gasteiger partial charge is 0.242 e. The van der Waals surface area contributed by atoms with E-state index in [1.807, 2.05) is 79.7 Å². The molecule has 0 atom stereocenters. The number of alkyl halides is 1.